The first-order chi connectivity index (χ1) is 14.2. The lowest BCUT2D eigenvalue weighted by molar-refractivity contribution is 0.171. The first-order valence-corrected chi connectivity index (χ1v) is 9.77. The molecule has 0 saturated heterocycles. The summed E-state index contributed by atoms with van der Waals surface area (Å²) in [5.74, 6) is 1.47. The molecule has 1 aliphatic heterocycles. The first kappa shape index (κ1) is 18.9. The van der Waals surface area contributed by atoms with Crippen LogP contribution in [0.5, 0.6) is 11.5 Å². The summed E-state index contributed by atoms with van der Waals surface area (Å²) in [4.78, 5) is 0. The molecule has 0 unspecified atom stereocenters. The Labute approximate surface area is 174 Å². The predicted octanol–water partition coefficient (Wildman–Crippen LogP) is 3.13. The number of hydrogen-bond acceptors (Lipinski definition) is 5. The molecule has 7 nitrogen and oxygen atoms in total. The molecule has 0 fully saturated rings. The largest absolute Gasteiger partial charge is 0.486 e. The minimum absolute atomic E-state index is 0.472. The van der Waals surface area contributed by atoms with E-state index in [4.69, 9.17) is 26.8 Å². The first-order valence-electron chi connectivity index (χ1n) is 9.36. The van der Waals surface area contributed by atoms with Crippen LogP contribution in [-0.4, -0.2) is 40.9 Å². The van der Waals surface area contributed by atoms with Gasteiger partial charge in [-0.15, -0.1) is 0 Å². The molecule has 2 heterocycles. The summed E-state index contributed by atoms with van der Waals surface area (Å²) in [6.07, 6.45) is 3.64. The summed E-state index contributed by atoms with van der Waals surface area (Å²) in [6, 6.07) is 15.8. The standard InChI is InChI=1S/C21H21N5O2S/c1-2-22-21(29)24-23-13-16-14-26(17-6-4-3-5-7-17)25-20(16)15-8-9-18-19(12-15)28-11-10-27-18/h3-9,12-14H,2,10-11H2,1H3,(H2,22,24,29). The topological polar surface area (TPSA) is 72.7 Å². The van der Waals surface area contributed by atoms with Gasteiger partial charge >= 0.3 is 0 Å². The molecule has 0 radical (unpaired) electrons. The van der Waals surface area contributed by atoms with Gasteiger partial charge in [-0.25, -0.2) is 4.68 Å². The van der Waals surface area contributed by atoms with E-state index in [1.807, 2.05) is 66.3 Å². The lowest BCUT2D eigenvalue weighted by Crippen LogP contribution is -2.31. The van der Waals surface area contributed by atoms with E-state index in [1.165, 1.54) is 0 Å². The van der Waals surface area contributed by atoms with Crippen LogP contribution in [0.25, 0.3) is 16.9 Å². The number of hydrazone groups is 1. The van der Waals surface area contributed by atoms with Crippen molar-refractivity contribution in [1.29, 1.82) is 0 Å². The van der Waals surface area contributed by atoms with Crippen LogP contribution in [0.1, 0.15) is 12.5 Å². The van der Waals surface area contributed by atoms with Crippen LogP contribution in [0.2, 0.25) is 0 Å². The van der Waals surface area contributed by atoms with Gasteiger partial charge in [-0.2, -0.15) is 10.2 Å². The molecule has 0 amide bonds. The molecule has 0 spiro atoms. The Bertz CT molecular complexity index is 1030. The number of benzene rings is 2. The van der Waals surface area contributed by atoms with Gasteiger partial charge in [0.1, 0.15) is 18.9 Å². The van der Waals surface area contributed by atoms with E-state index >= 15 is 0 Å². The zero-order valence-electron chi connectivity index (χ0n) is 16.0. The van der Waals surface area contributed by atoms with Crippen molar-refractivity contribution in [2.75, 3.05) is 19.8 Å². The van der Waals surface area contributed by atoms with E-state index in [0.717, 1.165) is 40.6 Å². The van der Waals surface area contributed by atoms with Crippen molar-refractivity contribution in [2.45, 2.75) is 6.92 Å². The van der Waals surface area contributed by atoms with Crippen molar-refractivity contribution in [1.82, 2.24) is 20.5 Å². The average Bonchev–Trinajstić information content (AvgIpc) is 3.18. The number of hydrogen-bond donors (Lipinski definition) is 2. The monoisotopic (exact) mass is 407 g/mol. The second-order valence-electron chi connectivity index (χ2n) is 6.30. The number of aromatic nitrogens is 2. The quantitative estimate of drug-likeness (QED) is 0.385. The van der Waals surface area contributed by atoms with Crippen LogP contribution in [0.4, 0.5) is 0 Å². The predicted molar refractivity (Wildman–Crippen MR) is 117 cm³/mol. The van der Waals surface area contributed by atoms with E-state index in [0.29, 0.717) is 18.3 Å². The van der Waals surface area contributed by atoms with Crippen LogP contribution in [0.3, 0.4) is 0 Å². The Kier molecular flexibility index (Phi) is 5.71. The maximum atomic E-state index is 5.73. The van der Waals surface area contributed by atoms with Crippen molar-refractivity contribution < 1.29 is 9.47 Å². The molecule has 1 aromatic heterocycles. The zero-order chi connectivity index (χ0) is 20.1. The van der Waals surface area contributed by atoms with E-state index in [2.05, 4.69) is 15.8 Å². The molecule has 148 valence electrons. The molecule has 0 aliphatic carbocycles. The fourth-order valence-electron chi connectivity index (χ4n) is 2.97. The van der Waals surface area contributed by atoms with Gasteiger partial charge in [0.05, 0.1) is 11.9 Å². The molecular weight excluding hydrogens is 386 g/mol. The molecule has 4 rings (SSSR count). The van der Waals surface area contributed by atoms with Crippen LogP contribution in [-0.2, 0) is 0 Å². The number of nitrogens with zero attached hydrogens (tertiary/aromatic N) is 3. The molecule has 0 atom stereocenters. The molecule has 0 bridgehead atoms. The van der Waals surface area contributed by atoms with Gasteiger partial charge in [-0.05, 0) is 49.5 Å². The van der Waals surface area contributed by atoms with Gasteiger partial charge in [0.2, 0.25) is 0 Å². The summed E-state index contributed by atoms with van der Waals surface area (Å²) in [5, 5.41) is 12.5. The maximum absolute atomic E-state index is 5.73. The van der Waals surface area contributed by atoms with Crippen LogP contribution in [0.15, 0.2) is 59.8 Å². The van der Waals surface area contributed by atoms with Crippen LogP contribution in [0, 0.1) is 0 Å². The summed E-state index contributed by atoms with van der Waals surface area (Å²) in [6.45, 7) is 3.80. The van der Waals surface area contributed by atoms with Crippen molar-refractivity contribution in [2.24, 2.45) is 5.10 Å². The summed E-state index contributed by atoms with van der Waals surface area (Å²) < 4.78 is 13.2. The lowest BCUT2D eigenvalue weighted by atomic mass is 10.1. The number of rotatable bonds is 5. The third kappa shape index (κ3) is 4.38. The molecule has 1 aliphatic rings. The highest BCUT2D eigenvalue weighted by Crippen LogP contribution is 2.35. The van der Waals surface area contributed by atoms with Crippen molar-refractivity contribution in [3.63, 3.8) is 0 Å². The zero-order valence-corrected chi connectivity index (χ0v) is 16.8. The second-order valence-corrected chi connectivity index (χ2v) is 6.71. The highest BCUT2D eigenvalue weighted by Gasteiger charge is 2.16. The molecule has 0 saturated carbocycles. The van der Waals surface area contributed by atoms with E-state index in [1.54, 1.807) is 6.21 Å². The number of para-hydroxylation sites is 1. The molecule has 3 aromatic rings. The third-order valence-electron chi connectivity index (χ3n) is 4.29. The molecule has 8 heteroatoms. The maximum Gasteiger partial charge on any atom is 0.186 e. The molecule has 29 heavy (non-hydrogen) atoms. The Hall–Kier alpha value is -3.39. The van der Waals surface area contributed by atoms with Gasteiger partial charge in [0.15, 0.2) is 16.6 Å². The number of fused-ring (bicyclic) bond motifs is 1. The summed E-state index contributed by atoms with van der Waals surface area (Å²) in [5.41, 5.74) is 6.32. The minimum atomic E-state index is 0.472. The van der Waals surface area contributed by atoms with Crippen molar-refractivity contribution in [3.05, 3.63) is 60.3 Å². The molecular formula is C21H21N5O2S. The van der Waals surface area contributed by atoms with Crippen molar-refractivity contribution >= 4 is 23.5 Å². The Morgan fingerprint density at radius 3 is 2.76 bits per heavy atom. The Balaban J connectivity index is 1.70. The number of thiocarbonyl (C=S) groups is 1. The van der Waals surface area contributed by atoms with E-state index in [-0.39, 0.29) is 0 Å². The van der Waals surface area contributed by atoms with Crippen LogP contribution < -0.4 is 20.2 Å². The fraction of sp³-hybridized carbons (Fsp3) is 0.190. The van der Waals surface area contributed by atoms with Gasteiger partial charge in [0.25, 0.3) is 0 Å². The highest BCUT2D eigenvalue weighted by molar-refractivity contribution is 7.80. The molecule has 2 aromatic carbocycles. The summed E-state index contributed by atoms with van der Waals surface area (Å²) >= 11 is 5.16. The Morgan fingerprint density at radius 1 is 1.17 bits per heavy atom. The SMILES string of the molecule is CCNC(=S)NN=Cc1cn(-c2ccccc2)nc1-c1ccc2c(c1)OCCO2. The van der Waals surface area contributed by atoms with Crippen molar-refractivity contribution in [3.8, 4) is 28.4 Å². The highest BCUT2D eigenvalue weighted by atomic mass is 32.1. The third-order valence-corrected chi connectivity index (χ3v) is 4.52. The van der Waals surface area contributed by atoms with E-state index < -0.39 is 0 Å². The van der Waals surface area contributed by atoms with Gasteiger partial charge < -0.3 is 14.8 Å². The van der Waals surface area contributed by atoms with Crippen LogP contribution >= 0.6 is 12.2 Å². The van der Waals surface area contributed by atoms with E-state index in [9.17, 15) is 0 Å². The Morgan fingerprint density at radius 2 is 1.97 bits per heavy atom. The van der Waals surface area contributed by atoms with Gasteiger partial charge in [-0.1, -0.05) is 18.2 Å². The normalized spacial score (nSPS) is 12.7. The fourth-order valence-corrected chi connectivity index (χ4v) is 3.17. The minimum Gasteiger partial charge on any atom is -0.486 e. The molecule has 2 N–H and O–H groups in total. The second kappa shape index (κ2) is 8.74. The lowest BCUT2D eigenvalue weighted by Gasteiger charge is -2.18. The van der Waals surface area contributed by atoms with Gasteiger partial charge in [0, 0.05) is 23.9 Å². The van der Waals surface area contributed by atoms with Gasteiger partial charge in [-0.3, -0.25) is 5.43 Å². The number of nitrogens with one attached hydrogen (secondary N) is 2. The smallest absolute Gasteiger partial charge is 0.186 e. The average molecular weight is 407 g/mol. The number of ether oxygens (including phenoxy) is 2. The summed E-state index contributed by atoms with van der Waals surface area (Å²) in [7, 11) is 0.